The minimum absolute atomic E-state index is 0.707. The van der Waals surface area contributed by atoms with Crippen LogP contribution in [0.4, 0.5) is 0 Å². The molecular formula is C14H21ClN2. The summed E-state index contributed by atoms with van der Waals surface area (Å²) in [6, 6.07) is 8.83. The highest BCUT2D eigenvalue weighted by Crippen LogP contribution is 2.32. The zero-order chi connectivity index (χ0) is 12.3. The fraction of sp³-hybridized carbons (Fsp3) is 0.571. The summed E-state index contributed by atoms with van der Waals surface area (Å²) in [5, 5.41) is 4.16. The molecule has 17 heavy (non-hydrogen) atoms. The van der Waals surface area contributed by atoms with E-state index >= 15 is 0 Å². The van der Waals surface area contributed by atoms with Crippen molar-refractivity contribution >= 4 is 11.6 Å². The van der Waals surface area contributed by atoms with Crippen molar-refractivity contribution in [3.63, 3.8) is 0 Å². The molecule has 1 saturated carbocycles. The Kier molecular flexibility index (Phi) is 4.43. The maximum absolute atomic E-state index is 6.19. The van der Waals surface area contributed by atoms with Crippen LogP contribution in [0.3, 0.4) is 0 Å². The van der Waals surface area contributed by atoms with Crippen LogP contribution in [0.25, 0.3) is 0 Å². The average molecular weight is 253 g/mol. The summed E-state index contributed by atoms with van der Waals surface area (Å²) in [5.41, 5.74) is 1.23. The van der Waals surface area contributed by atoms with Gasteiger partial charge in [-0.3, -0.25) is 4.90 Å². The second-order valence-corrected chi connectivity index (χ2v) is 5.38. The first kappa shape index (κ1) is 12.9. The number of rotatable bonds is 5. The van der Waals surface area contributed by atoms with Gasteiger partial charge in [-0.1, -0.05) is 29.8 Å². The molecule has 0 aromatic heterocycles. The van der Waals surface area contributed by atoms with Crippen LogP contribution in [0.2, 0.25) is 5.02 Å². The van der Waals surface area contributed by atoms with E-state index in [0.29, 0.717) is 6.04 Å². The lowest BCUT2D eigenvalue weighted by Crippen LogP contribution is -2.48. The highest BCUT2D eigenvalue weighted by Gasteiger charge is 2.33. The Bertz CT molecular complexity index is 367. The van der Waals surface area contributed by atoms with Crippen LogP contribution in [0.15, 0.2) is 24.3 Å². The minimum Gasteiger partial charge on any atom is -0.319 e. The van der Waals surface area contributed by atoms with Gasteiger partial charge in [0.25, 0.3) is 0 Å². The van der Waals surface area contributed by atoms with E-state index in [-0.39, 0.29) is 0 Å². The third-order valence-electron chi connectivity index (χ3n) is 3.79. The van der Waals surface area contributed by atoms with Crippen LogP contribution in [0.5, 0.6) is 0 Å². The summed E-state index contributed by atoms with van der Waals surface area (Å²) in [6.45, 7) is 2.07. The average Bonchev–Trinajstić information content (AvgIpc) is 2.27. The first-order valence-corrected chi connectivity index (χ1v) is 6.68. The highest BCUT2D eigenvalue weighted by molar-refractivity contribution is 6.31. The molecule has 2 rings (SSSR count). The van der Waals surface area contributed by atoms with Crippen LogP contribution < -0.4 is 5.32 Å². The molecule has 94 valence electrons. The van der Waals surface area contributed by atoms with Crippen molar-refractivity contribution in [2.75, 3.05) is 20.6 Å². The number of hydrogen-bond donors (Lipinski definition) is 1. The molecule has 0 spiro atoms. The molecule has 1 fully saturated rings. The van der Waals surface area contributed by atoms with Gasteiger partial charge in [0.05, 0.1) is 0 Å². The second kappa shape index (κ2) is 5.85. The van der Waals surface area contributed by atoms with Crippen molar-refractivity contribution < 1.29 is 0 Å². The number of hydrogen-bond acceptors (Lipinski definition) is 2. The predicted octanol–water partition coefficient (Wildman–Crippen LogP) is 2.77. The van der Waals surface area contributed by atoms with E-state index < -0.39 is 0 Å². The van der Waals surface area contributed by atoms with Crippen molar-refractivity contribution in [2.24, 2.45) is 5.92 Å². The Morgan fingerprint density at radius 1 is 1.35 bits per heavy atom. The molecule has 2 unspecified atom stereocenters. The normalized spacial score (nSPS) is 23.8. The van der Waals surface area contributed by atoms with Gasteiger partial charge in [-0.05, 0) is 51.0 Å². The summed E-state index contributed by atoms with van der Waals surface area (Å²) >= 11 is 6.19. The monoisotopic (exact) mass is 252 g/mol. The van der Waals surface area contributed by atoms with Crippen molar-refractivity contribution in [3.8, 4) is 0 Å². The van der Waals surface area contributed by atoms with Gasteiger partial charge in [0.15, 0.2) is 0 Å². The molecule has 2 atom stereocenters. The zero-order valence-electron chi connectivity index (χ0n) is 10.6. The maximum atomic E-state index is 6.19. The number of nitrogens with one attached hydrogen (secondary N) is 1. The lowest BCUT2D eigenvalue weighted by molar-refractivity contribution is 0.0794. The fourth-order valence-electron chi connectivity index (χ4n) is 2.64. The molecule has 0 aliphatic heterocycles. The Labute approximate surface area is 109 Å². The van der Waals surface area contributed by atoms with Crippen LogP contribution >= 0.6 is 11.6 Å². The van der Waals surface area contributed by atoms with Crippen molar-refractivity contribution in [2.45, 2.75) is 25.4 Å². The first-order chi connectivity index (χ1) is 8.22. The van der Waals surface area contributed by atoms with Gasteiger partial charge in [0.1, 0.15) is 0 Å². The Hall–Kier alpha value is -0.570. The predicted molar refractivity (Wildman–Crippen MR) is 73.4 cm³/mol. The molecular weight excluding hydrogens is 232 g/mol. The third-order valence-corrected chi connectivity index (χ3v) is 4.16. The van der Waals surface area contributed by atoms with E-state index in [1.54, 1.807) is 0 Å². The topological polar surface area (TPSA) is 15.3 Å². The van der Waals surface area contributed by atoms with Crippen molar-refractivity contribution in [1.29, 1.82) is 0 Å². The standard InChI is InChI=1S/C14H21ClN2/c1-16-9-11-7-8-14(11)17(2)10-12-5-3-4-6-13(12)15/h3-6,11,14,16H,7-10H2,1-2H3. The summed E-state index contributed by atoms with van der Waals surface area (Å²) in [7, 11) is 4.24. The van der Waals surface area contributed by atoms with Crippen LogP contribution in [0.1, 0.15) is 18.4 Å². The van der Waals surface area contributed by atoms with Gasteiger partial charge >= 0.3 is 0 Å². The zero-order valence-corrected chi connectivity index (χ0v) is 11.4. The first-order valence-electron chi connectivity index (χ1n) is 6.30. The van der Waals surface area contributed by atoms with Gasteiger partial charge < -0.3 is 5.32 Å². The Morgan fingerprint density at radius 2 is 2.12 bits per heavy atom. The number of nitrogens with zero attached hydrogens (tertiary/aromatic N) is 1. The molecule has 1 aliphatic carbocycles. The minimum atomic E-state index is 0.707. The summed E-state index contributed by atoms with van der Waals surface area (Å²) < 4.78 is 0. The second-order valence-electron chi connectivity index (χ2n) is 4.97. The Morgan fingerprint density at radius 3 is 2.71 bits per heavy atom. The van der Waals surface area contributed by atoms with Crippen molar-refractivity contribution in [3.05, 3.63) is 34.9 Å². The maximum Gasteiger partial charge on any atom is 0.0451 e. The lowest BCUT2D eigenvalue weighted by atomic mass is 9.78. The molecule has 0 radical (unpaired) electrons. The van der Waals surface area contributed by atoms with Gasteiger partial charge in [-0.15, -0.1) is 0 Å². The summed E-state index contributed by atoms with van der Waals surface area (Å²) in [6.07, 6.45) is 2.66. The Balaban J connectivity index is 1.93. The van der Waals surface area contributed by atoms with Gasteiger partial charge in [-0.2, -0.15) is 0 Å². The molecule has 1 aromatic rings. The summed E-state index contributed by atoms with van der Waals surface area (Å²) in [5.74, 6) is 0.799. The molecule has 0 bridgehead atoms. The molecule has 0 heterocycles. The van der Waals surface area contributed by atoms with Gasteiger partial charge in [0.2, 0.25) is 0 Å². The van der Waals surface area contributed by atoms with E-state index in [9.17, 15) is 0 Å². The van der Waals surface area contributed by atoms with Crippen molar-refractivity contribution in [1.82, 2.24) is 10.2 Å². The SMILES string of the molecule is CNCC1CCC1N(C)Cc1ccccc1Cl. The highest BCUT2D eigenvalue weighted by atomic mass is 35.5. The van der Waals surface area contributed by atoms with Crippen LogP contribution in [-0.4, -0.2) is 31.6 Å². The molecule has 0 amide bonds. The molecule has 1 aliphatic rings. The lowest BCUT2D eigenvalue weighted by Gasteiger charge is -2.43. The van der Waals surface area contributed by atoms with E-state index in [2.05, 4.69) is 29.4 Å². The van der Waals surface area contributed by atoms with E-state index in [4.69, 9.17) is 11.6 Å². The van der Waals surface area contributed by atoms with E-state index in [1.807, 2.05) is 19.2 Å². The molecule has 0 saturated heterocycles. The largest absolute Gasteiger partial charge is 0.319 e. The molecule has 2 nitrogen and oxygen atoms in total. The van der Waals surface area contributed by atoms with Crippen LogP contribution in [0, 0.1) is 5.92 Å². The fourth-order valence-corrected chi connectivity index (χ4v) is 2.84. The molecule has 1 aromatic carbocycles. The smallest absolute Gasteiger partial charge is 0.0451 e. The molecule has 1 N–H and O–H groups in total. The third kappa shape index (κ3) is 3.01. The summed E-state index contributed by atoms with van der Waals surface area (Å²) in [4.78, 5) is 2.44. The van der Waals surface area contributed by atoms with E-state index in [1.165, 1.54) is 18.4 Å². The van der Waals surface area contributed by atoms with Gasteiger partial charge in [-0.25, -0.2) is 0 Å². The van der Waals surface area contributed by atoms with Crippen LogP contribution in [-0.2, 0) is 6.54 Å². The van der Waals surface area contributed by atoms with E-state index in [0.717, 1.165) is 24.0 Å². The molecule has 3 heteroatoms. The number of halogens is 1. The van der Waals surface area contributed by atoms with Gasteiger partial charge in [0, 0.05) is 17.6 Å². The quantitative estimate of drug-likeness (QED) is 0.867. The number of benzene rings is 1.